The van der Waals surface area contributed by atoms with Gasteiger partial charge in [-0.15, -0.1) is 0 Å². The van der Waals surface area contributed by atoms with Crippen LogP contribution >= 0.6 is 0 Å². The Morgan fingerprint density at radius 1 is 1.32 bits per heavy atom. The first kappa shape index (κ1) is 16.2. The van der Waals surface area contributed by atoms with E-state index >= 15 is 0 Å². The standard InChI is InChI=1S/C15H20N4O3/c16-6-5-15(18,14(21)22)13(20)11(17)7-9-8-19-12-4-2-1-3-10(9)12/h1-4,8,11,19H,5-7,16-18H2,(H,21,22)/t11-,15?/m0/s1. The zero-order chi connectivity index (χ0) is 16.3. The second-order valence-corrected chi connectivity index (χ2v) is 5.35. The van der Waals surface area contributed by atoms with E-state index in [9.17, 15) is 14.7 Å². The maximum Gasteiger partial charge on any atom is 0.331 e. The molecular formula is C15H20N4O3. The molecule has 1 heterocycles. The van der Waals surface area contributed by atoms with Gasteiger partial charge in [-0.05, 0) is 31.0 Å². The lowest BCUT2D eigenvalue weighted by Gasteiger charge is -2.25. The number of carbonyl (C=O) groups excluding carboxylic acids is 1. The smallest absolute Gasteiger partial charge is 0.331 e. The van der Waals surface area contributed by atoms with Crippen LogP contribution in [0.25, 0.3) is 10.9 Å². The number of para-hydroxylation sites is 1. The summed E-state index contributed by atoms with van der Waals surface area (Å²) in [7, 11) is 0. The Hall–Kier alpha value is -2.22. The van der Waals surface area contributed by atoms with Crippen LogP contribution in [-0.4, -0.2) is 40.0 Å². The fraction of sp³-hybridized carbons (Fsp3) is 0.333. The Morgan fingerprint density at radius 3 is 2.64 bits per heavy atom. The van der Waals surface area contributed by atoms with Crippen molar-refractivity contribution in [1.29, 1.82) is 0 Å². The molecule has 0 aliphatic carbocycles. The van der Waals surface area contributed by atoms with Crippen LogP contribution in [0.4, 0.5) is 0 Å². The van der Waals surface area contributed by atoms with Gasteiger partial charge in [-0.1, -0.05) is 18.2 Å². The van der Waals surface area contributed by atoms with Gasteiger partial charge in [0, 0.05) is 17.1 Å². The van der Waals surface area contributed by atoms with Gasteiger partial charge in [-0.3, -0.25) is 4.79 Å². The number of hydrogen-bond donors (Lipinski definition) is 5. The van der Waals surface area contributed by atoms with Crippen LogP contribution in [0.2, 0.25) is 0 Å². The van der Waals surface area contributed by atoms with Gasteiger partial charge in [0.2, 0.25) is 0 Å². The number of aromatic amines is 1. The van der Waals surface area contributed by atoms with Gasteiger partial charge in [0.15, 0.2) is 11.3 Å². The molecule has 0 amide bonds. The number of fused-ring (bicyclic) bond motifs is 1. The Kier molecular flexibility index (Phi) is 4.60. The Morgan fingerprint density at radius 2 is 2.00 bits per heavy atom. The number of aliphatic carboxylic acids is 1. The van der Waals surface area contributed by atoms with Gasteiger partial charge < -0.3 is 27.3 Å². The number of H-pyrrole nitrogens is 1. The molecular weight excluding hydrogens is 284 g/mol. The van der Waals surface area contributed by atoms with Crippen molar-refractivity contribution in [2.45, 2.75) is 24.4 Å². The lowest BCUT2D eigenvalue weighted by molar-refractivity contribution is -0.149. The highest BCUT2D eigenvalue weighted by atomic mass is 16.4. The van der Waals surface area contributed by atoms with E-state index in [1.165, 1.54) is 0 Å². The molecule has 0 fully saturated rings. The maximum atomic E-state index is 12.4. The third-order valence-electron chi connectivity index (χ3n) is 3.81. The van der Waals surface area contributed by atoms with Crippen LogP contribution in [0, 0.1) is 0 Å². The van der Waals surface area contributed by atoms with E-state index in [0.29, 0.717) is 0 Å². The number of ketones is 1. The van der Waals surface area contributed by atoms with Crippen molar-refractivity contribution in [3.05, 3.63) is 36.0 Å². The first-order valence-electron chi connectivity index (χ1n) is 6.97. The third-order valence-corrected chi connectivity index (χ3v) is 3.81. The molecule has 8 N–H and O–H groups in total. The maximum absolute atomic E-state index is 12.4. The van der Waals surface area contributed by atoms with Crippen molar-refractivity contribution in [3.63, 3.8) is 0 Å². The Bertz CT molecular complexity index is 697. The number of carboxylic acids is 1. The lowest BCUT2D eigenvalue weighted by Crippen LogP contribution is -2.61. The predicted octanol–water partition coefficient (Wildman–Crippen LogP) is -0.262. The van der Waals surface area contributed by atoms with Crippen molar-refractivity contribution in [2.24, 2.45) is 17.2 Å². The molecule has 0 saturated heterocycles. The number of carbonyl (C=O) groups is 2. The summed E-state index contributed by atoms with van der Waals surface area (Å²) in [5.74, 6) is -2.12. The highest BCUT2D eigenvalue weighted by Gasteiger charge is 2.43. The summed E-state index contributed by atoms with van der Waals surface area (Å²) in [6.07, 6.45) is 1.82. The molecule has 0 spiro atoms. The van der Waals surface area contributed by atoms with Gasteiger partial charge in [-0.2, -0.15) is 0 Å². The average molecular weight is 304 g/mol. The minimum absolute atomic E-state index is 0.00561. The summed E-state index contributed by atoms with van der Waals surface area (Å²) in [5, 5.41) is 10.2. The normalized spacial score (nSPS) is 15.4. The van der Waals surface area contributed by atoms with Crippen LogP contribution in [0.5, 0.6) is 0 Å². The van der Waals surface area contributed by atoms with Crippen LogP contribution in [0.3, 0.4) is 0 Å². The van der Waals surface area contributed by atoms with Gasteiger partial charge in [0.1, 0.15) is 0 Å². The number of nitrogens with one attached hydrogen (secondary N) is 1. The largest absolute Gasteiger partial charge is 0.480 e. The number of carboxylic acid groups (broad SMARTS) is 1. The van der Waals surface area contributed by atoms with E-state index in [4.69, 9.17) is 17.2 Å². The van der Waals surface area contributed by atoms with Crippen LogP contribution in [-0.2, 0) is 16.0 Å². The molecule has 0 aliphatic heterocycles. The first-order valence-corrected chi connectivity index (χ1v) is 6.97. The van der Waals surface area contributed by atoms with E-state index in [2.05, 4.69) is 4.98 Å². The quantitative estimate of drug-likeness (QED) is 0.445. The minimum atomic E-state index is -2.04. The number of rotatable bonds is 7. The second kappa shape index (κ2) is 6.27. The number of benzene rings is 1. The van der Waals surface area contributed by atoms with Crippen LogP contribution in [0.15, 0.2) is 30.5 Å². The second-order valence-electron chi connectivity index (χ2n) is 5.35. The van der Waals surface area contributed by atoms with E-state index in [1.807, 2.05) is 24.3 Å². The highest BCUT2D eigenvalue weighted by Crippen LogP contribution is 2.20. The first-order chi connectivity index (χ1) is 10.4. The minimum Gasteiger partial charge on any atom is -0.480 e. The molecule has 0 aliphatic rings. The molecule has 7 nitrogen and oxygen atoms in total. The van der Waals surface area contributed by atoms with E-state index in [1.54, 1.807) is 6.20 Å². The zero-order valence-corrected chi connectivity index (χ0v) is 12.1. The Labute approximate surface area is 127 Å². The molecule has 1 aromatic carbocycles. The van der Waals surface area contributed by atoms with E-state index in [0.717, 1.165) is 16.5 Å². The summed E-state index contributed by atoms with van der Waals surface area (Å²) >= 11 is 0. The van der Waals surface area contributed by atoms with Gasteiger partial charge in [0.05, 0.1) is 6.04 Å². The molecule has 1 aromatic heterocycles. The number of Topliss-reactive ketones (excluding diaryl/α,β-unsaturated/α-hetero) is 1. The summed E-state index contributed by atoms with van der Waals surface area (Å²) in [6.45, 7) is -0.00561. The monoisotopic (exact) mass is 304 g/mol. The summed E-state index contributed by atoms with van der Waals surface area (Å²) < 4.78 is 0. The van der Waals surface area contributed by atoms with Gasteiger partial charge >= 0.3 is 5.97 Å². The van der Waals surface area contributed by atoms with E-state index < -0.39 is 23.3 Å². The molecule has 118 valence electrons. The topological polar surface area (TPSA) is 148 Å². The summed E-state index contributed by atoms with van der Waals surface area (Å²) in [6, 6.07) is 6.58. The van der Waals surface area contributed by atoms with Crippen molar-refractivity contribution < 1.29 is 14.7 Å². The number of aromatic nitrogens is 1. The Balaban J connectivity index is 2.22. The fourth-order valence-electron chi connectivity index (χ4n) is 2.52. The predicted molar refractivity (Wildman–Crippen MR) is 83.2 cm³/mol. The molecule has 2 aromatic rings. The van der Waals surface area contributed by atoms with Crippen LogP contribution < -0.4 is 17.2 Å². The highest BCUT2D eigenvalue weighted by molar-refractivity contribution is 6.10. The molecule has 7 heteroatoms. The van der Waals surface area contributed by atoms with Gasteiger partial charge in [-0.25, -0.2) is 4.79 Å². The van der Waals surface area contributed by atoms with E-state index in [-0.39, 0.29) is 19.4 Å². The molecule has 22 heavy (non-hydrogen) atoms. The van der Waals surface area contributed by atoms with Crippen molar-refractivity contribution >= 4 is 22.7 Å². The fourth-order valence-corrected chi connectivity index (χ4v) is 2.52. The molecule has 1 unspecified atom stereocenters. The zero-order valence-electron chi connectivity index (χ0n) is 12.1. The van der Waals surface area contributed by atoms with Crippen molar-refractivity contribution in [1.82, 2.24) is 4.98 Å². The molecule has 0 saturated carbocycles. The molecule has 2 atom stereocenters. The van der Waals surface area contributed by atoms with Crippen molar-refractivity contribution in [2.75, 3.05) is 6.54 Å². The summed E-state index contributed by atoms with van der Waals surface area (Å²) in [5.41, 5.74) is 16.7. The van der Waals surface area contributed by atoms with Gasteiger partial charge in [0.25, 0.3) is 0 Å². The lowest BCUT2D eigenvalue weighted by atomic mass is 9.85. The van der Waals surface area contributed by atoms with Crippen molar-refractivity contribution in [3.8, 4) is 0 Å². The number of nitrogens with two attached hydrogens (primary N) is 3. The molecule has 0 bridgehead atoms. The van der Waals surface area contributed by atoms with Crippen LogP contribution in [0.1, 0.15) is 12.0 Å². The molecule has 0 radical (unpaired) electrons. The molecule has 2 rings (SSSR count). The SMILES string of the molecule is NCCC(N)(C(=O)O)C(=O)[C@@H](N)Cc1c[nH]c2ccccc12. The third kappa shape index (κ3) is 2.87. The summed E-state index contributed by atoms with van der Waals surface area (Å²) in [4.78, 5) is 26.8. The average Bonchev–Trinajstić information content (AvgIpc) is 2.89. The number of hydrogen-bond acceptors (Lipinski definition) is 5.